The molecule has 1 aromatic carbocycles. The van der Waals surface area contributed by atoms with Crippen LogP contribution in [0.15, 0.2) is 47.9 Å². The smallest absolute Gasteiger partial charge is 0.256 e. The minimum atomic E-state index is -0.0698. The highest BCUT2D eigenvalue weighted by Gasteiger charge is 2.10. The molecule has 0 radical (unpaired) electrons. The van der Waals surface area contributed by atoms with E-state index in [4.69, 9.17) is 0 Å². The minimum absolute atomic E-state index is 0.0698. The Morgan fingerprint density at radius 2 is 2.11 bits per heavy atom. The zero-order valence-electron chi connectivity index (χ0n) is 10.4. The molecule has 0 N–H and O–H groups in total. The Kier molecular flexibility index (Phi) is 3.01. The average Bonchev–Trinajstić information content (AvgIpc) is 3.02. The second-order valence-electron chi connectivity index (χ2n) is 4.17. The number of imidazole rings is 1. The van der Waals surface area contributed by atoms with Gasteiger partial charge in [-0.05, 0) is 36.6 Å². The van der Waals surface area contributed by atoms with E-state index in [-0.39, 0.29) is 5.91 Å². The molecule has 0 bridgehead atoms. The fourth-order valence-electron chi connectivity index (χ4n) is 2.04. The molecule has 0 aliphatic carbocycles. The van der Waals surface area contributed by atoms with E-state index in [1.807, 2.05) is 54.8 Å². The first-order chi connectivity index (χ1) is 9.25. The zero-order valence-corrected chi connectivity index (χ0v) is 11.2. The SMILES string of the molecule is Cc1nc2ccccc2n1C(=O)/C=C/c1cccs1. The number of para-hydroxylation sites is 2. The van der Waals surface area contributed by atoms with Crippen molar-refractivity contribution < 1.29 is 4.79 Å². The third-order valence-electron chi connectivity index (χ3n) is 2.88. The van der Waals surface area contributed by atoms with Gasteiger partial charge >= 0.3 is 0 Å². The summed E-state index contributed by atoms with van der Waals surface area (Å²) in [6.45, 7) is 1.84. The van der Waals surface area contributed by atoms with Crippen LogP contribution in [0, 0.1) is 6.92 Å². The summed E-state index contributed by atoms with van der Waals surface area (Å²) < 4.78 is 1.64. The quantitative estimate of drug-likeness (QED) is 0.663. The molecule has 19 heavy (non-hydrogen) atoms. The van der Waals surface area contributed by atoms with Crippen LogP contribution in [0.25, 0.3) is 17.1 Å². The maximum Gasteiger partial charge on any atom is 0.256 e. The molecule has 0 spiro atoms. The number of aryl methyl sites for hydroxylation is 1. The monoisotopic (exact) mass is 268 g/mol. The maximum atomic E-state index is 12.3. The molecular formula is C15H12N2OS. The van der Waals surface area contributed by atoms with Gasteiger partial charge in [-0.1, -0.05) is 18.2 Å². The van der Waals surface area contributed by atoms with Crippen molar-refractivity contribution in [2.24, 2.45) is 0 Å². The normalized spacial score (nSPS) is 11.4. The van der Waals surface area contributed by atoms with Crippen molar-refractivity contribution in [2.75, 3.05) is 0 Å². The number of allylic oxidation sites excluding steroid dienone is 1. The Balaban J connectivity index is 2.00. The summed E-state index contributed by atoms with van der Waals surface area (Å²) in [4.78, 5) is 17.7. The van der Waals surface area contributed by atoms with E-state index in [0.717, 1.165) is 15.9 Å². The summed E-state index contributed by atoms with van der Waals surface area (Å²) in [5, 5.41) is 1.99. The van der Waals surface area contributed by atoms with Crippen LogP contribution in [0.5, 0.6) is 0 Å². The molecule has 3 rings (SSSR count). The Morgan fingerprint density at radius 3 is 2.89 bits per heavy atom. The molecule has 4 heteroatoms. The molecular weight excluding hydrogens is 256 g/mol. The van der Waals surface area contributed by atoms with E-state index < -0.39 is 0 Å². The Labute approximate surface area is 114 Å². The highest BCUT2D eigenvalue weighted by atomic mass is 32.1. The van der Waals surface area contributed by atoms with Gasteiger partial charge in [0.05, 0.1) is 11.0 Å². The number of rotatable bonds is 2. The second kappa shape index (κ2) is 4.82. The van der Waals surface area contributed by atoms with Gasteiger partial charge in [0.25, 0.3) is 5.91 Å². The summed E-state index contributed by atoms with van der Waals surface area (Å²) in [5.74, 6) is 0.640. The Hall–Kier alpha value is -2.20. The van der Waals surface area contributed by atoms with Gasteiger partial charge in [-0.25, -0.2) is 4.98 Å². The third kappa shape index (κ3) is 2.22. The van der Waals surface area contributed by atoms with Crippen molar-refractivity contribution in [1.82, 2.24) is 9.55 Å². The van der Waals surface area contributed by atoms with Crippen molar-refractivity contribution in [1.29, 1.82) is 0 Å². The van der Waals surface area contributed by atoms with Gasteiger partial charge in [0, 0.05) is 11.0 Å². The molecule has 3 nitrogen and oxygen atoms in total. The molecule has 0 aliphatic rings. The van der Waals surface area contributed by atoms with Gasteiger partial charge in [-0.3, -0.25) is 9.36 Å². The predicted molar refractivity (Wildman–Crippen MR) is 78.4 cm³/mol. The molecule has 0 amide bonds. The number of benzene rings is 1. The summed E-state index contributed by atoms with van der Waals surface area (Å²) in [7, 11) is 0. The molecule has 2 heterocycles. The van der Waals surface area contributed by atoms with Crippen LogP contribution in [-0.4, -0.2) is 15.5 Å². The summed E-state index contributed by atoms with van der Waals surface area (Å²) in [6, 6.07) is 11.6. The fraction of sp³-hybridized carbons (Fsp3) is 0.0667. The number of fused-ring (bicyclic) bond motifs is 1. The molecule has 0 unspecified atom stereocenters. The first kappa shape index (κ1) is 11.9. The molecule has 3 aromatic rings. The Bertz CT molecular complexity index is 754. The average molecular weight is 268 g/mol. The number of carbonyl (C=O) groups is 1. The van der Waals surface area contributed by atoms with Gasteiger partial charge in [-0.2, -0.15) is 0 Å². The molecule has 0 atom stereocenters. The van der Waals surface area contributed by atoms with Crippen LogP contribution in [0.3, 0.4) is 0 Å². The molecule has 0 saturated heterocycles. The Morgan fingerprint density at radius 1 is 1.26 bits per heavy atom. The largest absolute Gasteiger partial charge is 0.269 e. The molecule has 0 fully saturated rings. The van der Waals surface area contributed by atoms with Crippen LogP contribution >= 0.6 is 11.3 Å². The molecule has 94 valence electrons. The maximum absolute atomic E-state index is 12.3. The summed E-state index contributed by atoms with van der Waals surface area (Å²) in [5.41, 5.74) is 1.69. The lowest BCUT2D eigenvalue weighted by Gasteiger charge is -2.00. The summed E-state index contributed by atoms with van der Waals surface area (Å²) >= 11 is 1.61. The number of nitrogens with zero attached hydrogens (tertiary/aromatic N) is 2. The lowest BCUT2D eigenvalue weighted by molar-refractivity contribution is 0.0972. The van der Waals surface area contributed by atoms with Crippen molar-refractivity contribution in [2.45, 2.75) is 6.92 Å². The lowest BCUT2D eigenvalue weighted by Crippen LogP contribution is -2.08. The van der Waals surface area contributed by atoms with Gasteiger partial charge < -0.3 is 0 Å². The highest BCUT2D eigenvalue weighted by molar-refractivity contribution is 7.10. The molecule has 2 aromatic heterocycles. The van der Waals surface area contributed by atoms with Crippen LogP contribution in [-0.2, 0) is 0 Å². The van der Waals surface area contributed by atoms with Crippen molar-refractivity contribution in [3.05, 3.63) is 58.6 Å². The van der Waals surface area contributed by atoms with Crippen LogP contribution in [0.2, 0.25) is 0 Å². The lowest BCUT2D eigenvalue weighted by atomic mass is 10.3. The van der Waals surface area contributed by atoms with Gasteiger partial charge in [0.2, 0.25) is 0 Å². The highest BCUT2D eigenvalue weighted by Crippen LogP contribution is 2.16. The number of hydrogen-bond donors (Lipinski definition) is 0. The summed E-state index contributed by atoms with van der Waals surface area (Å²) in [6.07, 6.45) is 3.42. The molecule has 0 saturated carbocycles. The fourth-order valence-corrected chi connectivity index (χ4v) is 2.66. The zero-order chi connectivity index (χ0) is 13.2. The van der Waals surface area contributed by atoms with Gasteiger partial charge in [-0.15, -0.1) is 11.3 Å². The standard InChI is InChI=1S/C15H12N2OS/c1-11-16-13-6-2-3-7-14(13)17(11)15(18)9-8-12-5-4-10-19-12/h2-10H,1H3/b9-8+. The van der Waals surface area contributed by atoms with Crippen LogP contribution < -0.4 is 0 Å². The number of carbonyl (C=O) groups excluding carboxylic acids is 1. The van der Waals surface area contributed by atoms with E-state index in [1.54, 1.807) is 22.0 Å². The number of thiophene rings is 1. The van der Waals surface area contributed by atoms with E-state index in [0.29, 0.717) is 5.82 Å². The van der Waals surface area contributed by atoms with E-state index in [1.165, 1.54) is 0 Å². The first-order valence-corrected chi connectivity index (χ1v) is 6.84. The minimum Gasteiger partial charge on any atom is -0.269 e. The van der Waals surface area contributed by atoms with Crippen LogP contribution in [0.4, 0.5) is 0 Å². The van der Waals surface area contributed by atoms with E-state index in [9.17, 15) is 4.79 Å². The molecule has 0 aliphatic heterocycles. The number of hydrogen-bond acceptors (Lipinski definition) is 3. The first-order valence-electron chi connectivity index (χ1n) is 5.96. The van der Waals surface area contributed by atoms with Gasteiger partial charge in [0.15, 0.2) is 0 Å². The third-order valence-corrected chi connectivity index (χ3v) is 3.72. The van der Waals surface area contributed by atoms with Crippen molar-refractivity contribution in [3.8, 4) is 0 Å². The number of aromatic nitrogens is 2. The van der Waals surface area contributed by atoms with Crippen molar-refractivity contribution in [3.63, 3.8) is 0 Å². The van der Waals surface area contributed by atoms with Crippen LogP contribution in [0.1, 0.15) is 15.5 Å². The van der Waals surface area contributed by atoms with Gasteiger partial charge in [0.1, 0.15) is 5.82 Å². The van der Waals surface area contributed by atoms with E-state index >= 15 is 0 Å². The topological polar surface area (TPSA) is 34.9 Å². The van der Waals surface area contributed by atoms with Crippen molar-refractivity contribution >= 4 is 34.4 Å². The second-order valence-corrected chi connectivity index (χ2v) is 5.15. The predicted octanol–water partition coefficient (Wildman–Crippen LogP) is 3.76. The van der Waals surface area contributed by atoms with E-state index in [2.05, 4.69) is 4.98 Å².